The number of benzene rings is 1. The highest BCUT2D eigenvalue weighted by Gasteiger charge is 2.12. The van der Waals surface area contributed by atoms with E-state index in [0.717, 1.165) is 23.8 Å². The highest BCUT2D eigenvalue weighted by atomic mass is 35.5. The van der Waals surface area contributed by atoms with Crippen LogP contribution in [0.15, 0.2) is 35.7 Å². The average Bonchev–Trinajstić information content (AvgIpc) is 2.81. The van der Waals surface area contributed by atoms with Crippen LogP contribution in [0.2, 0.25) is 0 Å². The van der Waals surface area contributed by atoms with Gasteiger partial charge in [0.2, 0.25) is 0 Å². The van der Waals surface area contributed by atoms with Crippen LogP contribution in [0.5, 0.6) is 0 Å². The number of halogens is 1. The number of nitrogens with one attached hydrogen (secondary N) is 1. The van der Waals surface area contributed by atoms with E-state index in [1.165, 1.54) is 5.56 Å². The third kappa shape index (κ3) is 5.21. The molecule has 2 aromatic rings. The molecule has 0 aliphatic heterocycles. The molecule has 0 bridgehead atoms. The second-order valence-electron chi connectivity index (χ2n) is 4.96. The van der Waals surface area contributed by atoms with E-state index in [2.05, 4.69) is 65.0 Å². The molecule has 1 unspecified atom stereocenters. The van der Waals surface area contributed by atoms with Crippen LogP contribution < -0.4 is 5.32 Å². The van der Waals surface area contributed by atoms with Crippen LogP contribution in [-0.4, -0.2) is 30.5 Å². The fraction of sp³-hybridized carbons (Fsp3) is 0.400. The Bertz CT molecular complexity index is 499. The molecule has 3 nitrogen and oxygen atoms in total. The Balaban J connectivity index is 0.00000200. The summed E-state index contributed by atoms with van der Waals surface area (Å²) in [6.45, 7) is 3.84. The summed E-state index contributed by atoms with van der Waals surface area (Å²) in [5, 5.41) is 6.85. The lowest BCUT2D eigenvalue weighted by molar-refractivity contribution is 0.340. The normalized spacial score (nSPS) is 12.2. The van der Waals surface area contributed by atoms with Gasteiger partial charge in [0.25, 0.3) is 0 Å². The second kappa shape index (κ2) is 8.37. The molecular weight excluding hydrogens is 290 g/mol. The van der Waals surface area contributed by atoms with Gasteiger partial charge in [0.05, 0.1) is 10.7 Å². The van der Waals surface area contributed by atoms with Gasteiger partial charge in [0.1, 0.15) is 0 Å². The molecule has 0 amide bonds. The van der Waals surface area contributed by atoms with Crippen molar-refractivity contribution in [2.24, 2.45) is 0 Å². The first-order chi connectivity index (χ1) is 9.15. The molecule has 0 saturated heterocycles. The standard InChI is InChI=1S/C15H21N3S.ClH/c1-12-17-14(11-19-12)9-16-15(10-18(2)3)13-7-5-4-6-8-13;/h4-8,11,15-16H,9-10H2,1-3H3;1H. The van der Waals surface area contributed by atoms with Crippen molar-refractivity contribution >= 4 is 23.7 Å². The number of aromatic nitrogens is 1. The summed E-state index contributed by atoms with van der Waals surface area (Å²) < 4.78 is 0. The SMILES string of the molecule is Cc1nc(CNC(CN(C)C)c2ccccc2)cs1.Cl. The van der Waals surface area contributed by atoms with Crippen LogP contribution in [-0.2, 0) is 6.54 Å². The Morgan fingerprint density at radius 1 is 1.25 bits per heavy atom. The van der Waals surface area contributed by atoms with E-state index in [1.807, 2.05) is 6.92 Å². The molecular formula is C15H22ClN3S. The molecule has 1 atom stereocenters. The minimum absolute atomic E-state index is 0. The Morgan fingerprint density at radius 3 is 2.50 bits per heavy atom. The summed E-state index contributed by atoms with van der Waals surface area (Å²) in [5.41, 5.74) is 2.45. The van der Waals surface area contributed by atoms with Crippen LogP contribution >= 0.6 is 23.7 Å². The fourth-order valence-electron chi connectivity index (χ4n) is 2.06. The molecule has 0 aliphatic carbocycles. The zero-order chi connectivity index (χ0) is 13.7. The molecule has 0 fully saturated rings. The zero-order valence-corrected chi connectivity index (χ0v) is 13.8. The minimum Gasteiger partial charge on any atom is -0.308 e. The lowest BCUT2D eigenvalue weighted by Gasteiger charge is -2.22. The quantitative estimate of drug-likeness (QED) is 0.887. The van der Waals surface area contributed by atoms with Crippen LogP contribution in [0.3, 0.4) is 0 Å². The van der Waals surface area contributed by atoms with Gasteiger partial charge in [-0.2, -0.15) is 0 Å². The third-order valence-electron chi connectivity index (χ3n) is 2.95. The molecule has 1 N–H and O–H groups in total. The Kier molecular flexibility index (Phi) is 7.16. The lowest BCUT2D eigenvalue weighted by Crippen LogP contribution is -2.31. The van der Waals surface area contributed by atoms with Gasteiger partial charge < -0.3 is 10.2 Å². The molecule has 1 heterocycles. The predicted molar refractivity (Wildman–Crippen MR) is 88.7 cm³/mol. The fourth-order valence-corrected chi connectivity index (χ4v) is 2.67. The molecule has 0 aliphatic rings. The van der Waals surface area contributed by atoms with Crippen molar-refractivity contribution in [3.05, 3.63) is 52.0 Å². The van der Waals surface area contributed by atoms with Gasteiger partial charge in [0.15, 0.2) is 0 Å². The maximum absolute atomic E-state index is 4.50. The number of nitrogens with zero attached hydrogens (tertiary/aromatic N) is 2. The Labute approximate surface area is 131 Å². The van der Waals surface area contributed by atoms with Crippen molar-refractivity contribution in [3.63, 3.8) is 0 Å². The van der Waals surface area contributed by atoms with Crippen LogP contribution in [0.25, 0.3) is 0 Å². The van der Waals surface area contributed by atoms with E-state index in [0.29, 0.717) is 6.04 Å². The first-order valence-electron chi connectivity index (χ1n) is 6.49. The number of aryl methyl sites for hydroxylation is 1. The Morgan fingerprint density at radius 2 is 1.95 bits per heavy atom. The van der Waals surface area contributed by atoms with E-state index in [4.69, 9.17) is 0 Å². The first-order valence-corrected chi connectivity index (χ1v) is 7.37. The molecule has 110 valence electrons. The van der Waals surface area contributed by atoms with Gasteiger partial charge in [0, 0.05) is 24.5 Å². The molecule has 0 radical (unpaired) electrons. The van der Waals surface area contributed by atoms with Gasteiger partial charge in [-0.05, 0) is 26.6 Å². The Hall–Kier alpha value is -0.940. The van der Waals surface area contributed by atoms with Crippen LogP contribution in [0.1, 0.15) is 22.3 Å². The van der Waals surface area contributed by atoms with E-state index >= 15 is 0 Å². The topological polar surface area (TPSA) is 28.2 Å². The van der Waals surface area contributed by atoms with Crippen LogP contribution in [0, 0.1) is 6.92 Å². The van der Waals surface area contributed by atoms with Crippen molar-refractivity contribution in [1.29, 1.82) is 0 Å². The van der Waals surface area contributed by atoms with Gasteiger partial charge in [-0.1, -0.05) is 30.3 Å². The van der Waals surface area contributed by atoms with Gasteiger partial charge in [-0.15, -0.1) is 23.7 Å². The monoisotopic (exact) mass is 311 g/mol. The summed E-state index contributed by atoms with van der Waals surface area (Å²) in [5.74, 6) is 0. The van der Waals surface area contributed by atoms with E-state index in [9.17, 15) is 0 Å². The largest absolute Gasteiger partial charge is 0.308 e. The zero-order valence-electron chi connectivity index (χ0n) is 12.2. The molecule has 0 spiro atoms. The maximum atomic E-state index is 4.50. The van der Waals surface area contributed by atoms with Crippen molar-refractivity contribution in [2.75, 3.05) is 20.6 Å². The predicted octanol–water partition coefficient (Wildman–Crippen LogP) is 3.27. The molecule has 2 rings (SSSR count). The summed E-state index contributed by atoms with van der Waals surface area (Å²) >= 11 is 1.70. The van der Waals surface area contributed by atoms with E-state index < -0.39 is 0 Å². The number of likely N-dealkylation sites (N-methyl/N-ethyl adjacent to an activating group) is 1. The summed E-state index contributed by atoms with van der Waals surface area (Å²) in [4.78, 5) is 6.70. The van der Waals surface area contributed by atoms with Gasteiger partial charge in [-0.3, -0.25) is 0 Å². The lowest BCUT2D eigenvalue weighted by atomic mass is 10.1. The summed E-state index contributed by atoms with van der Waals surface area (Å²) in [7, 11) is 4.20. The smallest absolute Gasteiger partial charge is 0.0897 e. The number of hydrogen-bond donors (Lipinski definition) is 1. The number of rotatable bonds is 6. The van der Waals surface area contributed by atoms with Gasteiger partial charge in [-0.25, -0.2) is 4.98 Å². The first kappa shape index (κ1) is 17.1. The molecule has 1 aromatic carbocycles. The van der Waals surface area contributed by atoms with E-state index in [-0.39, 0.29) is 12.4 Å². The number of thiazole rings is 1. The van der Waals surface area contributed by atoms with Crippen molar-refractivity contribution < 1.29 is 0 Å². The molecule has 0 saturated carbocycles. The van der Waals surface area contributed by atoms with Gasteiger partial charge >= 0.3 is 0 Å². The summed E-state index contributed by atoms with van der Waals surface area (Å²) in [6, 6.07) is 10.9. The maximum Gasteiger partial charge on any atom is 0.0897 e. The second-order valence-corrected chi connectivity index (χ2v) is 6.03. The molecule has 20 heavy (non-hydrogen) atoms. The molecule has 1 aromatic heterocycles. The third-order valence-corrected chi connectivity index (χ3v) is 3.77. The number of hydrogen-bond acceptors (Lipinski definition) is 4. The summed E-state index contributed by atoms with van der Waals surface area (Å²) in [6.07, 6.45) is 0. The van der Waals surface area contributed by atoms with E-state index in [1.54, 1.807) is 11.3 Å². The van der Waals surface area contributed by atoms with Crippen molar-refractivity contribution in [3.8, 4) is 0 Å². The molecule has 5 heteroatoms. The van der Waals surface area contributed by atoms with Crippen molar-refractivity contribution in [2.45, 2.75) is 19.5 Å². The van der Waals surface area contributed by atoms with Crippen molar-refractivity contribution in [1.82, 2.24) is 15.2 Å². The van der Waals surface area contributed by atoms with Crippen LogP contribution in [0.4, 0.5) is 0 Å². The highest BCUT2D eigenvalue weighted by molar-refractivity contribution is 7.09. The highest BCUT2D eigenvalue weighted by Crippen LogP contribution is 2.15. The average molecular weight is 312 g/mol. The minimum atomic E-state index is 0.